The van der Waals surface area contributed by atoms with E-state index in [1.165, 1.54) is 0 Å². The van der Waals surface area contributed by atoms with Crippen LogP contribution in [0.25, 0.3) is 0 Å². The van der Waals surface area contributed by atoms with E-state index in [9.17, 15) is 9.59 Å². The van der Waals surface area contributed by atoms with Crippen molar-refractivity contribution in [3.8, 4) is 11.5 Å². The van der Waals surface area contributed by atoms with Crippen LogP contribution in [-0.2, 0) is 24.3 Å². The lowest BCUT2D eigenvalue weighted by Gasteiger charge is -2.16. The zero-order chi connectivity index (χ0) is 20.8. The minimum atomic E-state index is -0.174. The van der Waals surface area contributed by atoms with Crippen LogP contribution in [0.1, 0.15) is 38.9 Å². The molecule has 1 aliphatic rings. The number of ether oxygens (including phenoxy) is 2. The molecule has 1 aromatic heterocycles. The fourth-order valence-electron chi connectivity index (χ4n) is 3.41. The van der Waals surface area contributed by atoms with E-state index in [-0.39, 0.29) is 24.2 Å². The Bertz CT molecular complexity index is 887. The van der Waals surface area contributed by atoms with Crippen molar-refractivity contribution in [1.82, 2.24) is 19.7 Å². The SMILES string of the molecule is COc1cccc(OCC(=O)NC2CCc3nn(CCC(C)C)c(=O)n3CC2)c1. The molecule has 2 aromatic rings. The maximum absolute atomic E-state index is 12.6. The molecule has 1 unspecified atom stereocenters. The quantitative estimate of drug-likeness (QED) is 0.730. The zero-order valence-electron chi connectivity index (χ0n) is 17.4. The molecule has 0 aliphatic carbocycles. The summed E-state index contributed by atoms with van der Waals surface area (Å²) in [5.74, 6) is 2.43. The van der Waals surface area contributed by atoms with Gasteiger partial charge in [-0.25, -0.2) is 9.48 Å². The molecule has 8 nitrogen and oxygen atoms in total. The highest BCUT2D eigenvalue weighted by molar-refractivity contribution is 5.77. The van der Waals surface area contributed by atoms with Crippen molar-refractivity contribution in [1.29, 1.82) is 0 Å². The highest BCUT2D eigenvalue weighted by Crippen LogP contribution is 2.19. The lowest BCUT2D eigenvalue weighted by molar-refractivity contribution is -0.123. The van der Waals surface area contributed by atoms with E-state index in [1.807, 2.05) is 12.1 Å². The molecule has 8 heteroatoms. The average molecular weight is 402 g/mol. The van der Waals surface area contributed by atoms with E-state index in [2.05, 4.69) is 24.3 Å². The van der Waals surface area contributed by atoms with Gasteiger partial charge in [-0.1, -0.05) is 19.9 Å². The first-order valence-corrected chi connectivity index (χ1v) is 10.2. The number of nitrogens with zero attached hydrogens (tertiary/aromatic N) is 3. The number of aryl methyl sites for hydroxylation is 2. The zero-order valence-corrected chi connectivity index (χ0v) is 17.4. The first-order valence-electron chi connectivity index (χ1n) is 10.2. The van der Waals surface area contributed by atoms with Crippen LogP contribution in [0.5, 0.6) is 11.5 Å². The summed E-state index contributed by atoms with van der Waals surface area (Å²) in [4.78, 5) is 24.8. The number of hydrogen-bond acceptors (Lipinski definition) is 5. The molecule has 3 rings (SSSR count). The summed E-state index contributed by atoms with van der Waals surface area (Å²) in [6, 6.07) is 7.15. The van der Waals surface area contributed by atoms with E-state index >= 15 is 0 Å². The number of carbonyl (C=O) groups is 1. The van der Waals surface area contributed by atoms with Gasteiger partial charge in [-0.2, -0.15) is 5.10 Å². The fraction of sp³-hybridized carbons (Fsp3) is 0.571. The number of carbonyl (C=O) groups excluding carboxylic acids is 1. The van der Waals surface area contributed by atoms with Crippen LogP contribution in [0, 0.1) is 5.92 Å². The van der Waals surface area contributed by atoms with E-state index < -0.39 is 0 Å². The minimum Gasteiger partial charge on any atom is -0.497 e. The highest BCUT2D eigenvalue weighted by Gasteiger charge is 2.22. The van der Waals surface area contributed by atoms with Crippen molar-refractivity contribution in [2.75, 3.05) is 13.7 Å². The Morgan fingerprint density at radius 3 is 2.86 bits per heavy atom. The minimum absolute atomic E-state index is 0.00150. The molecule has 1 amide bonds. The number of nitrogens with one attached hydrogen (secondary N) is 1. The van der Waals surface area contributed by atoms with Crippen LogP contribution in [0.3, 0.4) is 0 Å². The van der Waals surface area contributed by atoms with E-state index in [1.54, 1.807) is 28.5 Å². The third kappa shape index (κ3) is 5.62. The van der Waals surface area contributed by atoms with E-state index in [0.29, 0.717) is 43.3 Å². The number of amides is 1. The van der Waals surface area contributed by atoms with E-state index in [0.717, 1.165) is 18.7 Å². The average Bonchev–Trinajstić information content (AvgIpc) is 2.87. The Kier molecular flexibility index (Phi) is 6.95. The number of methoxy groups -OCH3 is 1. The van der Waals surface area contributed by atoms with Gasteiger partial charge in [-0.15, -0.1) is 0 Å². The summed E-state index contributed by atoms with van der Waals surface area (Å²) >= 11 is 0. The Hall–Kier alpha value is -2.77. The van der Waals surface area contributed by atoms with Gasteiger partial charge in [-0.05, 0) is 37.3 Å². The predicted octanol–water partition coefficient (Wildman–Crippen LogP) is 2.00. The molecule has 1 N–H and O–H groups in total. The summed E-state index contributed by atoms with van der Waals surface area (Å²) in [6.45, 7) is 5.43. The maximum Gasteiger partial charge on any atom is 0.345 e. The van der Waals surface area contributed by atoms with Gasteiger partial charge in [0, 0.05) is 31.6 Å². The molecule has 0 bridgehead atoms. The molecule has 0 saturated carbocycles. The van der Waals surface area contributed by atoms with Crippen LogP contribution in [0.15, 0.2) is 29.1 Å². The Morgan fingerprint density at radius 1 is 1.31 bits per heavy atom. The standard InChI is InChI=1S/C21H30N4O4/c1-15(2)9-12-25-21(27)24-11-10-16(7-8-19(24)23-25)22-20(26)14-29-18-6-4-5-17(13-18)28-3/h4-6,13,15-16H,7-12,14H2,1-3H3,(H,22,26). The topological polar surface area (TPSA) is 87.4 Å². The molecule has 29 heavy (non-hydrogen) atoms. The number of rotatable bonds is 8. The third-order valence-corrected chi connectivity index (χ3v) is 5.11. The molecule has 1 aliphatic heterocycles. The van der Waals surface area contributed by atoms with Gasteiger partial charge >= 0.3 is 5.69 Å². The van der Waals surface area contributed by atoms with Crippen molar-refractivity contribution in [2.24, 2.45) is 5.92 Å². The van der Waals surface area contributed by atoms with Crippen molar-refractivity contribution >= 4 is 5.91 Å². The third-order valence-electron chi connectivity index (χ3n) is 5.11. The Balaban J connectivity index is 1.50. The lowest BCUT2D eigenvalue weighted by Crippen LogP contribution is -2.38. The number of benzene rings is 1. The fourth-order valence-corrected chi connectivity index (χ4v) is 3.41. The van der Waals surface area contributed by atoms with Crippen molar-refractivity contribution in [3.05, 3.63) is 40.6 Å². The lowest BCUT2D eigenvalue weighted by atomic mass is 10.1. The second-order valence-electron chi connectivity index (χ2n) is 7.82. The molecule has 0 saturated heterocycles. The normalized spacial score (nSPS) is 16.2. The largest absolute Gasteiger partial charge is 0.497 e. The van der Waals surface area contributed by atoms with Gasteiger partial charge in [0.15, 0.2) is 6.61 Å². The summed E-state index contributed by atoms with van der Waals surface area (Å²) in [5.41, 5.74) is -0.0472. The second-order valence-corrected chi connectivity index (χ2v) is 7.82. The monoisotopic (exact) mass is 402 g/mol. The maximum atomic E-state index is 12.6. The molecule has 158 valence electrons. The van der Waals surface area contributed by atoms with Gasteiger partial charge in [0.05, 0.1) is 7.11 Å². The molecular formula is C21H30N4O4. The van der Waals surface area contributed by atoms with E-state index in [4.69, 9.17) is 9.47 Å². The second kappa shape index (κ2) is 9.62. The van der Waals surface area contributed by atoms with Crippen molar-refractivity contribution in [3.63, 3.8) is 0 Å². The van der Waals surface area contributed by atoms with Crippen LogP contribution < -0.4 is 20.5 Å². The Morgan fingerprint density at radius 2 is 2.10 bits per heavy atom. The predicted molar refractivity (Wildman–Crippen MR) is 109 cm³/mol. The van der Waals surface area contributed by atoms with Crippen molar-refractivity contribution in [2.45, 2.75) is 58.7 Å². The molecule has 1 aromatic carbocycles. The van der Waals surface area contributed by atoms with Gasteiger partial charge in [0.25, 0.3) is 5.91 Å². The number of hydrogen-bond donors (Lipinski definition) is 1. The first kappa shape index (κ1) is 21.0. The van der Waals surface area contributed by atoms with Crippen LogP contribution in [0.2, 0.25) is 0 Å². The van der Waals surface area contributed by atoms with Gasteiger partial charge in [0.1, 0.15) is 17.3 Å². The van der Waals surface area contributed by atoms with Gasteiger partial charge in [-0.3, -0.25) is 9.36 Å². The molecule has 0 spiro atoms. The van der Waals surface area contributed by atoms with Crippen LogP contribution >= 0.6 is 0 Å². The summed E-state index contributed by atoms with van der Waals surface area (Å²) in [7, 11) is 1.59. The number of aromatic nitrogens is 3. The summed E-state index contributed by atoms with van der Waals surface area (Å²) in [6.07, 6.45) is 3.06. The first-order chi connectivity index (χ1) is 14.0. The van der Waals surface area contributed by atoms with Gasteiger partial charge < -0.3 is 14.8 Å². The molecule has 1 atom stereocenters. The van der Waals surface area contributed by atoms with Gasteiger partial charge in [0.2, 0.25) is 0 Å². The van der Waals surface area contributed by atoms with Crippen molar-refractivity contribution < 1.29 is 14.3 Å². The molecule has 0 fully saturated rings. The van der Waals surface area contributed by atoms with Crippen LogP contribution in [0.4, 0.5) is 0 Å². The smallest absolute Gasteiger partial charge is 0.345 e. The molecular weight excluding hydrogens is 372 g/mol. The van der Waals surface area contributed by atoms with Crippen LogP contribution in [-0.4, -0.2) is 40.0 Å². The Labute approximate surface area is 170 Å². The molecule has 0 radical (unpaired) electrons. The highest BCUT2D eigenvalue weighted by atomic mass is 16.5. The summed E-state index contributed by atoms with van der Waals surface area (Å²) < 4.78 is 14.0. The summed E-state index contributed by atoms with van der Waals surface area (Å²) in [5, 5.41) is 7.52. The molecule has 2 heterocycles. The number of fused-ring (bicyclic) bond motifs is 1.